The van der Waals surface area contributed by atoms with Crippen molar-refractivity contribution >= 4 is 58.5 Å². The quantitative estimate of drug-likeness (QED) is 0.132. The highest BCUT2D eigenvalue weighted by Gasteiger charge is 2.18. The number of anilines is 2. The lowest BCUT2D eigenvalue weighted by Crippen LogP contribution is -2.30. The fraction of sp³-hybridized carbons (Fsp3) is 0.121. The minimum absolute atomic E-state index is 0.0992. The van der Waals surface area contributed by atoms with Crippen LogP contribution >= 0.6 is 23.4 Å². The van der Waals surface area contributed by atoms with Gasteiger partial charge in [-0.25, -0.2) is 0 Å². The van der Waals surface area contributed by atoms with E-state index in [9.17, 15) is 14.4 Å². The van der Waals surface area contributed by atoms with Gasteiger partial charge in [-0.05, 0) is 79.6 Å². The number of methoxy groups -OCH3 is 1. The van der Waals surface area contributed by atoms with Crippen molar-refractivity contribution < 1.29 is 19.1 Å². The van der Waals surface area contributed by atoms with E-state index in [2.05, 4.69) is 16.0 Å². The third-order valence-corrected chi connectivity index (χ3v) is 7.60. The number of amides is 3. The maximum absolute atomic E-state index is 13.4. The topological polar surface area (TPSA) is 96.5 Å². The lowest BCUT2D eigenvalue weighted by atomic mass is 10.1. The van der Waals surface area contributed by atoms with E-state index in [1.54, 1.807) is 73.7 Å². The average molecular weight is 600 g/mol. The molecule has 3 N–H and O–H groups in total. The molecule has 0 spiro atoms. The molecule has 1 atom stereocenters. The summed E-state index contributed by atoms with van der Waals surface area (Å²) in [4.78, 5) is 40.0. The summed E-state index contributed by atoms with van der Waals surface area (Å²) in [6, 6.07) is 28.5. The zero-order valence-electron chi connectivity index (χ0n) is 23.3. The highest BCUT2D eigenvalue weighted by Crippen LogP contribution is 2.29. The van der Waals surface area contributed by atoms with E-state index in [-0.39, 0.29) is 11.6 Å². The van der Waals surface area contributed by atoms with Gasteiger partial charge in [0.2, 0.25) is 5.91 Å². The predicted octanol–water partition coefficient (Wildman–Crippen LogP) is 7.19. The molecular formula is C33H30ClN3O4S. The third-order valence-electron chi connectivity index (χ3n) is 6.21. The van der Waals surface area contributed by atoms with Crippen LogP contribution in [0.4, 0.5) is 11.4 Å². The van der Waals surface area contributed by atoms with Gasteiger partial charge in [0.05, 0.1) is 17.4 Å². The highest BCUT2D eigenvalue weighted by molar-refractivity contribution is 8.00. The molecule has 0 aliphatic heterocycles. The maximum Gasteiger partial charge on any atom is 0.272 e. The minimum Gasteiger partial charge on any atom is -0.495 e. The van der Waals surface area contributed by atoms with Crippen molar-refractivity contribution in [1.29, 1.82) is 0 Å². The van der Waals surface area contributed by atoms with E-state index in [0.29, 0.717) is 27.7 Å². The van der Waals surface area contributed by atoms with Crippen LogP contribution in [0.3, 0.4) is 0 Å². The van der Waals surface area contributed by atoms with E-state index in [4.69, 9.17) is 16.3 Å². The Balaban J connectivity index is 1.47. The highest BCUT2D eigenvalue weighted by atomic mass is 35.5. The molecule has 3 amide bonds. The van der Waals surface area contributed by atoms with Gasteiger partial charge in [-0.2, -0.15) is 0 Å². The van der Waals surface area contributed by atoms with Crippen molar-refractivity contribution in [3.05, 3.63) is 124 Å². The van der Waals surface area contributed by atoms with Crippen LogP contribution < -0.4 is 20.7 Å². The number of carbonyl (C=O) groups excluding carboxylic acids is 3. The molecule has 0 bridgehead atoms. The van der Waals surface area contributed by atoms with Crippen LogP contribution in [-0.4, -0.2) is 30.1 Å². The van der Waals surface area contributed by atoms with Crippen molar-refractivity contribution in [2.24, 2.45) is 0 Å². The van der Waals surface area contributed by atoms with E-state index >= 15 is 0 Å². The van der Waals surface area contributed by atoms with Gasteiger partial charge in [0.1, 0.15) is 11.4 Å². The lowest BCUT2D eigenvalue weighted by molar-refractivity contribution is -0.115. The molecule has 0 aliphatic rings. The maximum atomic E-state index is 13.4. The number of thioether (sulfide) groups is 1. The average Bonchev–Trinajstić information content (AvgIpc) is 2.98. The minimum atomic E-state index is -0.480. The summed E-state index contributed by atoms with van der Waals surface area (Å²) in [5.41, 5.74) is 3.37. The predicted molar refractivity (Wildman–Crippen MR) is 170 cm³/mol. The van der Waals surface area contributed by atoms with Gasteiger partial charge in [0.15, 0.2) is 0 Å². The Bertz CT molecular complexity index is 1620. The molecule has 0 aliphatic carbocycles. The Morgan fingerprint density at radius 3 is 2.29 bits per heavy atom. The second kappa shape index (κ2) is 14.4. The Morgan fingerprint density at radius 1 is 0.857 bits per heavy atom. The molecule has 0 aromatic heterocycles. The number of halogens is 1. The normalized spacial score (nSPS) is 11.8. The Morgan fingerprint density at radius 2 is 1.57 bits per heavy atom. The molecule has 0 radical (unpaired) electrons. The first kappa shape index (κ1) is 30.4. The molecule has 7 nitrogen and oxygen atoms in total. The van der Waals surface area contributed by atoms with Crippen LogP contribution in [0, 0.1) is 6.92 Å². The van der Waals surface area contributed by atoms with Crippen LogP contribution in [0.1, 0.15) is 28.4 Å². The first-order chi connectivity index (χ1) is 20.2. The number of carbonyl (C=O) groups is 3. The molecule has 0 saturated heterocycles. The van der Waals surface area contributed by atoms with Crippen LogP contribution in [-0.2, 0) is 9.59 Å². The molecule has 42 heavy (non-hydrogen) atoms. The Hall–Kier alpha value is -4.53. The van der Waals surface area contributed by atoms with E-state index < -0.39 is 17.1 Å². The van der Waals surface area contributed by atoms with Gasteiger partial charge in [0.25, 0.3) is 11.8 Å². The first-order valence-corrected chi connectivity index (χ1v) is 14.4. The molecule has 0 saturated carbocycles. The molecular weight excluding hydrogens is 570 g/mol. The number of benzene rings is 4. The molecule has 4 rings (SSSR count). The summed E-state index contributed by atoms with van der Waals surface area (Å²) in [5.74, 6) is -0.560. The van der Waals surface area contributed by atoms with Gasteiger partial charge in [-0.15, -0.1) is 11.8 Å². The zero-order chi connectivity index (χ0) is 30.1. The molecule has 4 aromatic carbocycles. The molecule has 0 heterocycles. The fourth-order valence-electron chi connectivity index (χ4n) is 3.94. The van der Waals surface area contributed by atoms with Crippen LogP contribution in [0.5, 0.6) is 5.75 Å². The number of aryl methyl sites for hydroxylation is 1. The number of rotatable bonds is 10. The summed E-state index contributed by atoms with van der Waals surface area (Å²) >= 11 is 7.51. The Kier molecular flexibility index (Phi) is 10.4. The van der Waals surface area contributed by atoms with Gasteiger partial charge < -0.3 is 20.7 Å². The fourth-order valence-corrected chi connectivity index (χ4v) is 5.12. The van der Waals surface area contributed by atoms with E-state index in [1.165, 1.54) is 18.9 Å². The molecule has 1 unspecified atom stereocenters. The molecule has 0 fully saturated rings. The van der Waals surface area contributed by atoms with Crippen LogP contribution in [0.15, 0.2) is 108 Å². The van der Waals surface area contributed by atoms with Crippen LogP contribution in [0.25, 0.3) is 6.08 Å². The van der Waals surface area contributed by atoms with Crippen molar-refractivity contribution in [3.8, 4) is 5.75 Å². The largest absolute Gasteiger partial charge is 0.495 e. The van der Waals surface area contributed by atoms with Crippen LogP contribution in [0.2, 0.25) is 5.02 Å². The summed E-state index contributed by atoms with van der Waals surface area (Å²) in [5, 5.41) is 8.45. The second-order valence-corrected chi connectivity index (χ2v) is 11.1. The van der Waals surface area contributed by atoms with Gasteiger partial charge in [-0.3, -0.25) is 14.4 Å². The van der Waals surface area contributed by atoms with Gasteiger partial charge in [0, 0.05) is 21.8 Å². The third kappa shape index (κ3) is 8.25. The Labute approximate surface area is 254 Å². The first-order valence-electron chi connectivity index (χ1n) is 13.1. The monoisotopic (exact) mass is 599 g/mol. The van der Waals surface area contributed by atoms with Gasteiger partial charge >= 0.3 is 0 Å². The van der Waals surface area contributed by atoms with Crippen molar-refractivity contribution in [2.45, 2.75) is 24.0 Å². The smallest absolute Gasteiger partial charge is 0.272 e. The van der Waals surface area contributed by atoms with E-state index in [1.807, 2.05) is 43.3 Å². The summed E-state index contributed by atoms with van der Waals surface area (Å²) in [6.45, 7) is 3.72. The number of nitrogens with one attached hydrogen (secondary N) is 3. The molecule has 9 heteroatoms. The standard InChI is InChI=1S/C33H30ClN3O4S/c1-21-10-7-8-13-24(21)18-29(37-32(39)23-11-5-4-6-12-23)33(40)36-25-14-9-15-27(19-25)42-22(2)31(38)35-26-16-17-30(41-3)28(34)20-26/h4-20,22H,1-3H3,(H,35,38)(H,36,40)(H,37,39)/b29-18-. The van der Waals surface area contributed by atoms with Crippen molar-refractivity contribution in [1.82, 2.24) is 5.32 Å². The molecule has 214 valence electrons. The van der Waals surface area contributed by atoms with E-state index in [0.717, 1.165) is 16.0 Å². The van der Waals surface area contributed by atoms with Gasteiger partial charge in [-0.1, -0.05) is 60.1 Å². The number of hydrogen-bond donors (Lipinski definition) is 3. The van der Waals surface area contributed by atoms with Crippen molar-refractivity contribution in [2.75, 3.05) is 17.7 Å². The lowest BCUT2D eigenvalue weighted by Gasteiger charge is -2.15. The second-order valence-electron chi connectivity index (χ2n) is 9.32. The molecule has 4 aromatic rings. The number of hydrogen-bond acceptors (Lipinski definition) is 5. The summed E-state index contributed by atoms with van der Waals surface area (Å²) < 4.78 is 5.16. The number of ether oxygens (including phenoxy) is 1. The zero-order valence-corrected chi connectivity index (χ0v) is 24.9. The summed E-state index contributed by atoms with van der Waals surface area (Å²) in [6.07, 6.45) is 1.65. The summed E-state index contributed by atoms with van der Waals surface area (Å²) in [7, 11) is 1.52. The SMILES string of the molecule is COc1ccc(NC(=O)C(C)Sc2cccc(NC(=O)/C(=C/c3ccccc3C)NC(=O)c3ccccc3)c2)cc1Cl. The van der Waals surface area contributed by atoms with Crippen molar-refractivity contribution in [3.63, 3.8) is 0 Å².